The highest BCUT2D eigenvalue weighted by atomic mass is 32.2. The molecule has 0 aliphatic heterocycles. The molecule has 2 heterocycles. The van der Waals surface area contributed by atoms with E-state index < -0.39 is 0 Å². The summed E-state index contributed by atoms with van der Waals surface area (Å²) in [6, 6.07) is 26.2. The summed E-state index contributed by atoms with van der Waals surface area (Å²) in [4.78, 5) is 21.8. The Kier molecular flexibility index (Phi) is 5.41. The van der Waals surface area contributed by atoms with Gasteiger partial charge in [-0.2, -0.15) is 0 Å². The highest BCUT2D eigenvalue weighted by molar-refractivity contribution is 7.98. The number of benzene rings is 3. The Morgan fingerprint density at radius 2 is 1.66 bits per heavy atom. The van der Waals surface area contributed by atoms with Gasteiger partial charge in [-0.05, 0) is 42.7 Å². The van der Waals surface area contributed by atoms with Gasteiger partial charge >= 0.3 is 0 Å². The zero-order valence-electron chi connectivity index (χ0n) is 18.0. The molecule has 0 aliphatic carbocycles. The van der Waals surface area contributed by atoms with Crippen molar-refractivity contribution >= 4 is 22.8 Å². The minimum Gasteiger partial charge on any atom is -0.355 e. The molecule has 0 radical (unpaired) electrons. The molecule has 5 heteroatoms. The number of nitrogens with zero attached hydrogens (tertiary/aromatic N) is 2. The van der Waals surface area contributed by atoms with Crippen LogP contribution < -0.4 is 5.56 Å². The van der Waals surface area contributed by atoms with E-state index in [0.717, 1.165) is 22.6 Å². The van der Waals surface area contributed by atoms with E-state index in [9.17, 15) is 4.79 Å². The minimum atomic E-state index is -0.0909. The summed E-state index contributed by atoms with van der Waals surface area (Å²) >= 11 is 1.59. The number of aromatic amines is 1. The fourth-order valence-electron chi connectivity index (χ4n) is 3.88. The Bertz CT molecular complexity index is 1450. The second-order valence-corrected chi connectivity index (χ2v) is 8.82. The first-order valence-electron chi connectivity index (χ1n) is 10.6. The molecule has 0 bridgehead atoms. The normalized spacial score (nSPS) is 11.2. The van der Waals surface area contributed by atoms with Crippen LogP contribution in [0.4, 0.5) is 0 Å². The predicted molar refractivity (Wildman–Crippen MR) is 133 cm³/mol. The van der Waals surface area contributed by atoms with E-state index >= 15 is 0 Å². The van der Waals surface area contributed by atoms with Crippen LogP contribution in [0.2, 0.25) is 0 Å². The molecule has 0 fully saturated rings. The molecule has 0 unspecified atom stereocenters. The Morgan fingerprint density at radius 3 is 2.41 bits per heavy atom. The highest BCUT2D eigenvalue weighted by Crippen LogP contribution is 2.30. The molecule has 5 aromatic rings. The molecule has 158 valence electrons. The van der Waals surface area contributed by atoms with Crippen LogP contribution >= 0.6 is 11.8 Å². The van der Waals surface area contributed by atoms with Gasteiger partial charge in [0.1, 0.15) is 11.0 Å². The Hall–Kier alpha value is -3.57. The number of fused-ring (bicyclic) bond motifs is 1. The van der Waals surface area contributed by atoms with Crippen molar-refractivity contribution in [3.8, 4) is 16.8 Å². The van der Waals surface area contributed by atoms with Crippen LogP contribution in [0.5, 0.6) is 0 Å². The van der Waals surface area contributed by atoms with Gasteiger partial charge in [0, 0.05) is 17.5 Å². The van der Waals surface area contributed by atoms with Gasteiger partial charge < -0.3 is 4.98 Å². The summed E-state index contributed by atoms with van der Waals surface area (Å²) < 4.78 is 1.71. The lowest BCUT2D eigenvalue weighted by atomic mass is 10.1. The third-order valence-electron chi connectivity index (χ3n) is 5.63. The molecule has 4 nitrogen and oxygen atoms in total. The van der Waals surface area contributed by atoms with E-state index in [2.05, 4.69) is 37.0 Å². The van der Waals surface area contributed by atoms with Gasteiger partial charge in [0.05, 0.1) is 5.69 Å². The number of nitrogens with one attached hydrogen (secondary N) is 1. The van der Waals surface area contributed by atoms with E-state index in [-0.39, 0.29) is 5.56 Å². The van der Waals surface area contributed by atoms with Crippen molar-refractivity contribution in [1.82, 2.24) is 14.5 Å². The summed E-state index contributed by atoms with van der Waals surface area (Å²) in [5, 5.41) is 0.686. The third kappa shape index (κ3) is 3.76. The molecular formula is C27H23N3OS. The second-order valence-electron chi connectivity index (χ2n) is 7.88. The van der Waals surface area contributed by atoms with E-state index in [4.69, 9.17) is 4.98 Å². The quantitative estimate of drug-likeness (QED) is 0.260. The van der Waals surface area contributed by atoms with Crippen LogP contribution in [-0.4, -0.2) is 14.5 Å². The number of thioether (sulfide) groups is 1. The topological polar surface area (TPSA) is 50.7 Å². The first kappa shape index (κ1) is 20.3. The van der Waals surface area contributed by atoms with Gasteiger partial charge in [-0.25, -0.2) is 4.98 Å². The summed E-state index contributed by atoms with van der Waals surface area (Å²) in [6.07, 6.45) is 1.88. The average Bonchev–Trinajstić information content (AvgIpc) is 3.25. The van der Waals surface area contributed by atoms with E-state index in [1.165, 1.54) is 16.7 Å². The first-order valence-corrected chi connectivity index (χ1v) is 11.5. The lowest BCUT2D eigenvalue weighted by molar-refractivity contribution is 0.818. The summed E-state index contributed by atoms with van der Waals surface area (Å²) in [6.45, 7) is 4.22. The van der Waals surface area contributed by atoms with Crippen LogP contribution in [0.1, 0.15) is 16.7 Å². The molecule has 32 heavy (non-hydrogen) atoms. The van der Waals surface area contributed by atoms with Crippen LogP contribution in [0.3, 0.4) is 0 Å². The molecule has 3 aromatic carbocycles. The largest absolute Gasteiger partial charge is 0.355 e. The molecule has 0 amide bonds. The summed E-state index contributed by atoms with van der Waals surface area (Å²) in [7, 11) is 0. The number of hydrogen-bond acceptors (Lipinski definition) is 3. The van der Waals surface area contributed by atoms with Crippen molar-refractivity contribution in [3.05, 3.63) is 112 Å². The van der Waals surface area contributed by atoms with Crippen molar-refractivity contribution in [2.24, 2.45) is 0 Å². The van der Waals surface area contributed by atoms with E-state index in [0.29, 0.717) is 16.2 Å². The monoisotopic (exact) mass is 437 g/mol. The highest BCUT2D eigenvalue weighted by Gasteiger charge is 2.18. The number of aromatic nitrogens is 3. The van der Waals surface area contributed by atoms with Gasteiger partial charge in [-0.1, -0.05) is 84.1 Å². The average molecular weight is 438 g/mol. The number of aryl methyl sites for hydroxylation is 2. The van der Waals surface area contributed by atoms with Gasteiger partial charge in [-0.15, -0.1) is 0 Å². The predicted octanol–water partition coefficient (Wildman–Crippen LogP) is 6.29. The number of rotatable bonds is 5. The Balaban J connectivity index is 1.68. The maximum absolute atomic E-state index is 13.6. The van der Waals surface area contributed by atoms with Gasteiger partial charge in [0.25, 0.3) is 5.56 Å². The molecule has 0 saturated carbocycles. The van der Waals surface area contributed by atoms with Gasteiger partial charge in [0.15, 0.2) is 5.16 Å². The lowest BCUT2D eigenvalue weighted by Gasteiger charge is -2.13. The summed E-state index contributed by atoms with van der Waals surface area (Å²) in [5.41, 5.74) is 7.64. The molecular weight excluding hydrogens is 414 g/mol. The van der Waals surface area contributed by atoms with Gasteiger partial charge in [-0.3, -0.25) is 9.36 Å². The molecule has 0 spiro atoms. The first-order chi connectivity index (χ1) is 15.6. The van der Waals surface area contributed by atoms with Crippen molar-refractivity contribution in [1.29, 1.82) is 0 Å². The SMILES string of the molecule is Cc1ccc(C)c(CSc2nc3c(-c4ccccc4)c[nH]c3c(=O)n2-c2ccccc2)c1. The maximum Gasteiger partial charge on any atom is 0.283 e. The standard InChI is InChI=1S/C27H23N3OS/c1-18-13-14-19(2)21(15-18)17-32-27-29-24-23(20-9-5-3-6-10-20)16-28-25(24)26(31)30(27)22-11-7-4-8-12-22/h3-16,28H,17H2,1-2H3. The third-order valence-corrected chi connectivity index (χ3v) is 6.62. The minimum absolute atomic E-state index is 0.0909. The smallest absolute Gasteiger partial charge is 0.283 e. The molecule has 1 N–H and O–H groups in total. The van der Waals surface area contributed by atoms with Crippen LogP contribution in [-0.2, 0) is 5.75 Å². The van der Waals surface area contributed by atoms with Crippen LogP contribution in [0.15, 0.2) is 95.0 Å². The van der Waals surface area contributed by atoms with Crippen molar-refractivity contribution in [2.75, 3.05) is 0 Å². The van der Waals surface area contributed by atoms with Crippen LogP contribution in [0, 0.1) is 13.8 Å². The fraction of sp³-hybridized carbons (Fsp3) is 0.111. The molecule has 0 atom stereocenters. The molecule has 0 saturated heterocycles. The van der Waals surface area contributed by atoms with E-state index in [1.807, 2.05) is 66.9 Å². The summed E-state index contributed by atoms with van der Waals surface area (Å²) in [5.74, 6) is 0.739. The van der Waals surface area contributed by atoms with Gasteiger partial charge in [0.2, 0.25) is 0 Å². The molecule has 2 aromatic heterocycles. The van der Waals surface area contributed by atoms with Crippen LogP contribution in [0.25, 0.3) is 27.8 Å². The lowest BCUT2D eigenvalue weighted by Crippen LogP contribution is -2.21. The number of hydrogen-bond donors (Lipinski definition) is 1. The number of H-pyrrole nitrogens is 1. The molecule has 5 rings (SSSR count). The maximum atomic E-state index is 13.6. The molecule has 0 aliphatic rings. The fourth-order valence-corrected chi connectivity index (χ4v) is 4.95. The zero-order chi connectivity index (χ0) is 22.1. The van der Waals surface area contributed by atoms with Crippen molar-refractivity contribution in [2.45, 2.75) is 24.8 Å². The zero-order valence-corrected chi connectivity index (χ0v) is 18.8. The Labute approximate surface area is 191 Å². The second kappa shape index (κ2) is 8.52. The Morgan fingerprint density at radius 1 is 0.938 bits per heavy atom. The van der Waals surface area contributed by atoms with Crippen molar-refractivity contribution < 1.29 is 0 Å². The number of para-hydroxylation sites is 1. The van der Waals surface area contributed by atoms with E-state index in [1.54, 1.807) is 16.3 Å². The van der Waals surface area contributed by atoms with Crippen molar-refractivity contribution in [3.63, 3.8) is 0 Å².